The van der Waals surface area contributed by atoms with E-state index in [1.807, 2.05) is 0 Å². The maximum atomic E-state index is 14.3. The third-order valence-corrected chi connectivity index (χ3v) is 5.82. The van der Waals surface area contributed by atoms with Crippen LogP contribution >= 0.6 is 0 Å². The number of methoxy groups -OCH3 is 1. The van der Waals surface area contributed by atoms with Crippen LogP contribution in [-0.4, -0.2) is 41.0 Å². The van der Waals surface area contributed by atoms with Crippen LogP contribution in [0.5, 0.6) is 5.75 Å². The Kier molecular flexibility index (Phi) is 6.43. The van der Waals surface area contributed by atoms with Gasteiger partial charge in [-0.15, -0.1) is 0 Å². The summed E-state index contributed by atoms with van der Waals surface area (Å²) in [4.78, 5) is 16.9. The van der Waals surface area contributed by atoms with Crippen molar-refractivity contribution < 1.29 is 41.3 Å². The summed E-state index contributed by atoms with van der Waals surface area (Å²) in [5.74, 6) is -6.82. The van der Waals surface area contributed by atoms with Crippen LogP contribution in [0.3, 0.4) is 0 Å². The molecule has 2 N–H and O–H groups in total. The van der Waals surface area contributed by atoms with Gasteiger partial charge in [0.25, 0.3) is 5.91 Å². The molecule has 1 amide bonds. The Morgan fingerprint density at radius 2 is 2.00 bits per heavy atom. The first-order valence-electron chi connectivity index (χ1n) is 9.57. The first-order chi connectivity index (χ1) is 14.9. The van der Waals surface area contributed by atoms with Crippen molar-refractivity contribution in [2.75, 3.05) is 12.4 Å². The van der Waals surface area contributed by atoms with Gasteiger partial charge in [0.1, 0.15) is 6.10 Å². The molecule has 174 valence electrons. The summed E-state index contributed by atoms with van der Waals surface area (Å²) >= 11 is 0. The highest BCUT2D eigenvalue weighted by atomic mass is 19.4. The minimum Gasteiger partial charge on any atom is -0.493 e. The molecule has 4 atom stereocenters. The van der Waals surface area contributed by atoms with Crippen LogP contribution in [0.2, 0.25) is 0 Å². The van der Waals surface area contributed by atoms with E-state index in [4.69, 9.17) is 9.47 Å². The van der Waals surface area contributed by atoms with Gasteiger partial charge in [0.05, 0.1) is 19.4 Å². The highest BCUT2D eigenvalue weighted by molar-refractivity contribution is 5.95. The Hall–Kier alpha value is -2.79. The van der Waals surface area contributed by atoms with Crippen LogP contribution in [-0.2, 0) is 16.1 Å². The lowest BCUT2D eigenvalue weighted by atomic mass is 9.77. The first-order valence-corrected chi connectivity index (χ1v) is 9.57. The number of aliphatic hydroxyl groups is 1. The zero-order valence-electron chi connectivity index (χ0n) is 17.3. The summed E-state index contributed by atoms with van der Waals surface area (Å²) in [6.45, 7) is 1.62. The number of hydrogen-bond donors (Lipinski definition) is 2. The summed E-state index contributed by atoms with van der Waals surface area (Å²) in [6, 6.07) is 4.56. The standard InChI is InChI=1S/C21H21F5N2O4/c1-10-15(13-4-5-14(22)16(23)17(13)31-3)18(32-20(10,2)21(24,25)26)19(30)28-11-6-7-27-12(8-11)9-29/h4-8,10,15,18,29H,9H2,1-3H3,(H,27,28,30)/t10-,15-,18+,20+/m1/s1. The molecule has 3 rings (SSSR count). The summed E-state index contributed by atoms with van der Waals surface area (Å²) in [5.41, 5.74) is -2.48. The van der Waals surface area contributed by atoms with Crippen LogP contribution < -0.4 is 10.1 Å². The van der Waals surface area contributed by atoms with Gasteiger partial charge in [-0.1, -0.05) is 13.0 Å². The molecule has 0 spiro atoms. The Bertz CT molecular complexity index is 1020. The second-order valence-electron chi connectivity index (χ2n) is 7.62. The lowest BCUT2D eigenvalue weighted by Crippen LogP contribution is -2.47. The van der Waals surface area contributed by atoms with E-state index in [2.05, 4.69) is 10.3 Å². The quantitative estimate of drug-likeness (QED) is 0.661. The van der Waals surface area contributed by atoms with Crippen LogP contribution in [0.4, 0.5) is 27.6 Å². The van der Waals surface area contributed by atoms with Crippen molar-refractivity contribution in [2.45, 2.75) is 44.3 Å². The van der Waals surface area contributed by atoms with Gasteiger partial charge < -0.3 is 19.9 Å². The molecule has 0 bridgehead atoms. The average molecular weight is 460 g/mol. The SMILES string of the molecule is COc1c([C@@H]2[C@@H](C(=O)Nc3ccnc(CO)c3)O[C@](C)(C(F)(F)F)[C@@H]2C)ccc(F)c1F. The number of alkyl halides is 3. The maximum Gasteiger partial charge on any atom is 0.417 e. The number of aromatic nitrogens is 1. The van der Waals surface area contributed by atoms with Gasteiger partial charge in [-0.2, -0.15) is 17.6 Å². The minimum atomic E-state index is -4.85. The van der Waals surface area contributed by atoms with Crippen LogP contribution in [0.1, 0.15) is 31.0 Å². The molecule has 0 aliphatic carbocycles. The third-order valence-electron chi connectivity index (χ3n) is 5.82. The average Bonchev–Trinajstić information content (AvgIpc) is 3.02. The van der Waals surface area contributed by atoms with Gasteiger partial charge in [0.15, 0.2) is 17.2 Å². The lowest BCUT2D eigenvalue weighted by Gasteiger charge is -2.32. The second kappa shape index (κ2) is 8.62. The van der Waals surface area contributed by atoms with Crippen molar-refractivity contribution in [3.63, 3.8) is 0 Å². The number of rotatable bonds is 5. The molecule has 1 aliphatic heterocycles. The largest absolute Gasteiger partial charge is 0.493 e. The maximum absolute atomic E-state index is 14.3. The van der Waals surface area contributed by atoms with Gasteiger partial charge in [-0.05, 0) is 25.1 Å². The predicted molar refractivity (Wildman–Crippen MR) is 103 cm³/mol. The van der Waals surface area contributed by atoms with Crippen molar-refractivity contribution in [1.29, 1.82) is 0 Å². The van der Waals surface area contributed by atoms with E-state index < -0.39 is 59.6 Å². The van der Waals surface area contributed by atoms with E-state index in [9.17, 15) is 31.9 Å². The zero-order valence-corrected chi connectivity index (χ0v) is 17.3. The number of anilines is 1. The fraction of sp³-hybridized carbons (Fsp3) is 0.429. The molecule has 1 aromatic heterocycles. The Balaban J connectivity index is 2.07. The van der Waals surface area contributed by atoms with Gasteiger partial charge in [-0.3, -0.25) is 9.78 Å². The van der Waals surface area contributed by atoms with Gasteiger partial charge in [0, 0.05) is 29.3 Å². The molecule has 11 heteroatoms. The number of aliphatic hydroxyl groups excluding tert-OH is 1. The fourth-order valence-electron chi connectivity index (χ4n) is 3.90. The van der Waals surface area contributed by atoms with E-state index in [-0.39, 0.29) is 16.9 Å². The summed E-state index contributed by atoms with van der Waals surface area (Å²) in [7, 11) is 1.05. The molecule has 1 saturated heterocycles. The molecule has 32 heavy (non-hydrogen) atoms. The van der Waals surface area contributed by atoms with E-state index in [0.717, 1.165) is 26.2 Å². The number of amides is 1. The summed E-state index contributed by atoms with van der Waals surface area (Å²) < 4.78 is 80.0. The number of ether oxygens (including phenoxy) is 2. The summed E-state index contributed by atoms with van der Waals surface area (Å²) in [5, 5.41) is 11.6. The van der Waals surface area contributed by atoms with Gasteiger partial charge in [-0.25, -0.2) is 4.39 Å². The number of carbonyl (C=O) groups is 1. The van der Waals surface area contributed by atoms with E-state index in [0.29, 0.717) is 0 Å². The van der Waals surface area contributed by atoms with Crippen molar-refractivity contribution in [2.24, 2.45) is 5.92 Å². The van der Waals surface area contributed by atoms with Crippen molar-refractivity contribution in [3.05, 3.63) is 53.4 Å². The van der Waals surface area contributed by atoms with Gasteiger partial charge in [0.2, 0.25) is 5.82 Å². The number of pyridine rings is 1. The Morgan fingerprint density at radius 3 is 2.59 bits per heavy atom. The number of carbonyl (C=O) groups excluding carboxylic acids is 1. The molecule has 2 aromatic rings. The third kappa shape index (κ3) is 4.02. The molecule has 0 radical (unpaired) electrons. The molecule has 1 fully saturated rings. The molecule has 2 heterocycles. The molecule has 0 unspecified atom stereocenters. The van der Waals surface area contributed by atoms with Crippen molar-refractivity contribution in [1.82, 2.24) is 4.98 Å². The minimum absolute atomic E-state index is 0.127. The molecule has 6 nitrogen and oxygen atoms in total. The summed E-state index contributed by atoms with van der Waals surface area (Å²) in [6.07, 6.45) is -5.26. The smallest absolute Gasteiger partial charge is 0.417 e. The second-order valence-corrected chi connectivity index (χ2v) is 7.62. The Labute approximate surface area is 180 Å². The molecule has 1 aromatic carbocycles. The van der Waals surface area contributed by atoms with Crippen LogP contribution in [0.15, 0.2) is 30.5 Å². The molecular formula is C21H21F5N2O4. The Morgan fingerprint density at radius 1 is 1.31 bits per heavy atom. The van der Waals surface area contributed by atoms with Crippen molar-refractivity contribution in [3.8, 4) is 5.75 Å². The first kappa shape index (κ1) is 23.9. The predicted octanol–water partition coefficient (Wildman–Crippen LogP) is 3.94. The van der Waals surface area contributed by atoms with Crippen LogP contribution in [0, 0.1) is 17.6 Å². The van der Waals surface area contributed by atoms with Crippen molar-refractivity contribution >= 4 is 11.6 Å². The number of halogens is 5. The number of nitrogens with zero attached hydrogens (tertiary/aromatic N) is 1. The number of hydrogen-bond acceptors (Lipinski definition) is 5. The van der Waals surface area contributed by atoms with E-state index in [1.54, 1.807) is 0 Å². The molecular weight excluding hydrogens is 439 g/mol. The van der Waals surface area contributed by atoms with E-state index >= 15 is 0 Å². The zero-order chi connectivity index (χ0) is 23.8. The normalized spacial score (nSPS) is 25.6. The lowest BCUT2D eigenvalue weighted by molar-refractivity contribution is -0.272. The highest BCUT2D eigenvalue weighted by Gasteiger charge is 2.65. The number of nitrogens with one attached hydrogen (secondary N) is 1. The van der Waals surface area contributed by atoms with E-state index in [1.165, 1.54) is 25.3 Å². The van der Waals surface area contributed by atoms with Crippen LogP contribution in [0.25, 0.3) is 0 Å². The molecule has 0 saturated carbocycles. The topological polar surface area (TPSA) is 80.7 Å². The fourth-order valence-corrected chi connectivity index (χ4v) is 3.90. The van der Waals surface area contributed by atoms with Gasteiger partial charge >= 0.3 is 6.18 Å². The molecule has 1 aliphatic rings. The number of benzene rings is 1. The monoisotopic (exact) mass is 460 g/mol. The highest BCUT2D eigenvalue weighted by Crippen LogP contribution is 2.54.